The SMILES string of the molecule is CCCCCCCCCCCCCCCCCCCCCCCC(C)C(=O)OCC(COC(=O)C(C)CCCCCCCCCCCCCCCCCCCCCCC)(COC(=O)C(C)CCCCCCCCCCCCCCCCCCCCCCC)COC(=O)C(C)CCCCCCCCCCCCCCCCCCCCCCC. The maximum Gasteiger partial charge on any atom is 0.308 e. The molecule has 0 aromatic heterocycles. The summed E-state index contributed by atoms with van der Waals surface area (Å²) >= 11 is 0. The molecule has 117 heavy (non-hydrogen) atoms. The smallest absolute Gasteiger partial charge is 0.308 e. The van der Waals surface area contributed by atoms with Crippen LogP contribution in [0, 0.1) is 29.1 Å². The molecule has 4 atom stereocenters. The standard InChI is InChI=1S/C109H212O8/c1-9-13-17-21-25-29-33-37-41-45-49-53-57-61-65-69-73-77-81-85-89-93-101(5)105(110)114-97-109(98-115-106(111)102(6)94-90-86-82-78-74-70-66-62-58-54-50-46-42-38-34-30-26-22-18-14-10-2,99-116-107(112)103(7)95-91-87-83-79-75-71-67-63-59-55-51-47-43-39-35-31-27-23-19-15-11-3)100-117-108(113)104(8)96-92-88-84-80-76-72-68-64-60-56-52-48-44-40-36-32-28-24-20-16-12-4/h101-104H,9-100H2,1-8H3. The number of carbonyl (C=O) groups excluding carboxylic acids is 4. The van der Waals surface area contributed by atoms with Gasteiger partial charge in [0.05, 0.1) is 23.7 Å². The van der Waals surface area contributed by atoms with Crippen LogP contribution in [0.2, 0.25) is 0 Å². The second-order valence-electron chi connectivity index (χ2n) is 39.0. The summed E-state index contributed by atoms with van der Waals surface area (Å²) < 4.78 is 25.0. The summed E-state index contributed by atoms with van der Waals surface area (Å²) in [6.45, 7) is 16.3. The molecule has 4 unspecified atom stereocenters. The van der Waals surface area contributed by atoms with E-state index in [1.807, 2.05) is 27.7 Å². The monoisotopic (exact) mass is 1650 g/mol. The summed E-state index contributed by atoms with van der Waals surface area (Å²) in [5.74, 6) is -2.56. The molecule has 0 N–H and O–H groups in total. The first kappa shape index (κ1) is 115. The van der Waals surface area contributed by atoms with Gasteiger partial charge in [0.2, 0.25) is 0 Å². The zero-order chi connectivity index (χ0) is 85.0. The van der Waals surface area contributed by atoms with Crippen molar-refractivity contribution < 1.29 is 38.1 Å². The van der Waals surface area contributed by atoms with Gasteiger partial charge in [0.15, 0.2) is 0 Å². The van der Waals surface area contributed by atoms with Crippen LogP contribution in [0.1, 0.15) is 620 Å². The van der Waals surface area contributed by atoms with E-state index in [-0.39, 0.29) is 74.0 Å². The first-order valence-corrected chi connectivity index (χ1v) is 54.1. The molecule has 0 aliphatic carbocycles. The summed E-state index contributed by atoms with van der Waals surface area (Å²) in [7, 11) is 0. The van der Waals surface area contributed by atoms with E-state index in [0.29, 0.717) is 0 Å². The minimum atomic E-state index is -1.27. The quantitative estimate of drug-likeness (QED) is 0.0337. The Labute approximate surface area is 733 Å². The average molecular weight is 1650 g/mol. The van der Waals surface area contributed by atoms with Gasteiger partial charge in [-0.25, -0.2) is 0 Å². The molecule has 696 valence electrons. The normalized spacial score (nSPS) is 13.3. The van der Waals surface area contributed by atoms with Crippen LogP contribution in [0.4, 0.5) is 0 Å². The van der Waals surface area contributed by atoms with Crippen LogP contribution in [-0.4, -0.2) is 50.3 Å². The molecule has 0 aliphatic rings. The lowest BCUT2D eigenvalue weighted by molar-refractivity contribution is -0.175. The molecule has 0 saturated carbocycles. The Morgan fingerprint density at radius 3 is 0.333 bits per heavy atom. The van der Waals surface area contributed by atoms with Crippen molar-refractivity contribution in [2.24, 2.45) is 29.1 Å². The number of ether oxygens (including phenoxy) is 4. The van der Waals surface area contributed by atoms with Gasteiger partial charge in [-0.2, -0.15) is 0 Å². The van der Waals surface area contributed by atoms with Crippen molar-refractivity contribution in [3.8, 4) is 0 Å². The van der Waals surface area contributed by atoms with Crippen molar-refractivity contribution in [3.05, 3.63) is 0 Å². The molecule has 0 radical (unpaired) electrons. The molecule has 0 heterocycles. The van der Waals surface area contributed by atoms with Gasteiger partial charge >= 0.3 is 23.9 Å². The van der Waals surface area contributed by atoms with E-state index in [4.69, 9.17) is 18.9 Å². The Kier molecular flexibility index (Phi) is 92.8. The lowest BCUT2D eigenvalue weighted by Crippen LogP contribution is -2.45. The highest BCUT2D eigenvalue weighted by molar-refractivity contribution is 5.74. The number of unbranched alkanes of at least 4 members (excludes halogenated alkanes) is 80. The van der Waals surface area contributed by atoms with Gasteiger partial charge in [-0.3, -0.25) is 19.2 Å². The molecule has 0 saturated heterocycles. The molecule has 0 aromatic carbocycles. The Morgan fingerprint density at radius 1 is 0.154 bits per heavy atom. The fourth-order valence-electron chi connectivity index (χ4n) is 17.7. The predicted octanol–water partition coefficient (Wildman–Crippen LogP) is 37.1. The zero-order valence-corrected chi connectivity index (χ0v) is 81.1. The van der Waals surface area contributed by atoms with E-state index in [2.05, 4.69) is 27.7 Å². The number of rotatable bonds is 100. The van der Waals surface area contributed by atoms with E-state index in [0.717, 1.165) is 77.0 Å². The van der Waals surface area contributed by atoms with E-state index in [1.165, 1.54) is 488 Å². The largest absolute Gasteiger partial charge is 0.464 e. The molecule has 0 spiro atoms. The van der Waals surface area contributed by atoms with Crippen LogP contribution >= 0.6 is 0 Å². The fraction of sp³-hybridized carbons (Fsp3) is 0.963. The first-order valence-electron chi connectivity index (χ1n) is 54.1. The summed E-state index contributed by atoms with van der Waals surface area (Å²) in [5.41, 5.74) is -1.27. The Bertz CT molecular complexity index is 1710. The molecule has 0 amide bonds. The third-order valence-electron chi connectivity index (χ3n) is 26.7. The van der Waals surface area contributed by atoms with Crippen molar-refractivity contribution in [2.75, 3.05) is 26.4 Å². The predicted molar refractivity (Wildman–Crippen MR) is 512 cm³/mol. The van der Waals surface area contributed by atoms with E-state index in [9.17, 15) is 19.2 Å². The van der Waals surface area contributed by atoms with Crippen LogP contribution in [0.15, 0.2) is 0 Å². The molecule has 8 nitrogen and oxygen atoms in total. The molecule has 8 heteroatoms. The van der Waals surface area contributed by atoms with Crippen LogP contribution in [0.5, 0.6) is 0 Å². The van der Waals surface area contributed by atoms with Crippen molar-refractivity contribution in [2.45, 2.75) is 620 Å². The van der Waals surface area contributed by atoms with Crippen LogP contribution in [0.25, 0.3) is 0 Å². The Morgan fingerprint density at radius 2 is 0.239 bits per heavy atom. The van der Waals surface area contributed by atoms with E-state index in [1.54, 1.807) is 0 Å². The van der Waals surface area contributed by atoms with Crippen molar-refractivity contribution in [1.82, 2.24) is 0 Å². The Balaban J connectivity index is 5.67. The summed E-state index contributed by atoms with van der Waals surface area (Å²) in [4.78, 5) is 56.4. The van der Waals surface area contributed by atoms with Gasteiger partial charge in [-0.1, -0.05) is 595 Å². The molecule has 0 fully saturated rings. The fourth-order valence-corrected chi connectivity index (χ4v) is 17.7. The number of carbonyl (C=O) groups is 4. The minimum absolute atomic E-state index is 0.182. The molecular formula is C109H212O8. The minimum Gasteiger partial charge on any atom is -0.464 e. The molecule has 0 aliphatic heterocycles. The van der Waals surface area contributed by atoms with Gasteiger partial charge in [0, 0.05) is 0 Å². The van der Waals surface area contributed by atoms with Crippen molar-refractivity contribution in [1.29, 1.82) is 0 Å². The third kappa shape index (κ3) is 84.5. The van der Waals surface area contributed by atoms with Crippen LogP contribution < -0.4 is 0 Å². The van der Waals surface area contributed by atoms with Gasteiger partial charge in [-0.05, 0) is 25.7 Å². The van der Waals surface area contributed by atoms with Gasteiger partial charge in [-0.15, -0.1) is 0 Å². The summed E-state index contributed by atoms with van der Waals surface area (Å²) in [5, 5.41) is 0. The first-order chi connectivity index (χ1) is 57.5. The Hall–Kier alpha value is -2.12. The van der Waals surface area contributed by atoms with E-state index < -0.39 is 5.41 Å². The molecule has 0 aromatic rings. The highest BCUT2D eigenvalue weighted by Gasteiger charge is 2.40. The lowest BCUT2D eigenvalue weighted by atomic mass is 9.91. The number of hydrogen-bond acceptors (Lipinski definition) is 8. The summed E-state index contributed by atoms with van der Waals surface area (Å²) in [6.07, 6.45) is 115. The second-order valence-corrected chi connectivity index (χ2v) is 39.0. The molecule has 0 rings (SSSR count). The lowest BCUT2D eigenvalue weighted by Gasteiger charge is -2.33. The average Bonchev–Trinajstić information content (AvgIpc) is 0.842. The topological polar surface area (TPSA) is 105 Å². The van der Waals surface area contributed by atoms with Crippen molar-refractivity contribution >= 4 is 23.9 Å². The van der Waals surface area contributed by atoms with Gasteiger partial charge in [0.25, 0.3) is 0 Å². The zero-order valence-electron chi connectivity index (χ0n) is 81.1. The van der Waals surface area contributed by atoms with Gasteiger partial charge in [0.1, 0.15) is 31.8 Å². The third-order valence-corrected chi connectivity index (χ3v) is 26.7. The maximum absolute atomic E-state index is 14.1. The maximum atomic E-state index is 14.1. The second kappa shape index (κ2) is 94.6. The molecule has 0 bridgehead atoms. The number of esters is 4. The van der Waals surface area contributed by atoms with E-state index >= 15 is 0 Å². The number of hydrogen-bond donors (Lipinski definition) is 0. The highest BCUT2D eigenvalue weighted by Crippen LogP contribution is 2.29. The molecular weight excluding hydrogens is 1440 g/mol. The van der Waals surface area contributed by atoms with Crippen LogP contribution in [0.3, 0.4) is 0 Å². The highest BCUT2D eigenvalue weighted by atomic mass is 16.6. The van der Waals surface area contributed by atoms with Crippen LogP contribution in [-0.2, 0) is 38.1 Å². The van der Waals surface area contributed by atoms with Crippen molar-refractivity contribution in [3.63, 3.8) is 0 Å². The van der Waals surface area contributed by atoms with Gasteiger partial charge < -0.3 is 18.9 Å². The summed E-state index contributed by atoms with van der Waals surface area (Å²) in [6, 6.07) is 0.